The van der Waals surface area contributed by atoms with Crippen LogP contribution in [0.15, 0.2) is 103 Å². The van der Waals surface area contributed by atoms with Crippen LogP contribution in [0.1, 0.15) is 27.0 Å². The molecule has 0 heterocycles. The molecule has 4 rings (SSSR count). The predicted octanol–water partition coefficient (Wildman–Crippen LogP) is 4.58. The van der Waals surface area contributed by atoms with Crippen LogP contribution < -0.4 is 20.5 Å². The fraction of sp³-hybridized carbons (Fsp3) is 0.133. The summed E-state index contributed by atoms with van der Waals surface area (Å²) in [6.07, 6.45) is 0.0800. The largest absolute Gasteiger partial charge is 0.485 e. The fourth-order valence-corrected chi connectivity index (χ4v) is 3.84. The average molecular weight is 526 g/mol. The number of ether oxygens (including phenoxy) is 2. The smallest absolute Gasteiger partial charge is 0.270 e. The van der Waals surface area contributed by atoms with Crippen LogP contribution in [0.4, 0.5) is 5.69 Å². The van der Waals surface area contributed by atoms with Gasteiger partial charge in [-0.3, -0.25) is 19.7 Å². The number of benzene rings is 4. The number of nitro benzene ring substituents is 1. The lowest BCUT2D eigenvalue weighted by Gasteiger charge is -2.18. The lowest BCUT2D eigenvalue weighted by molar-refractivity contribution is -0.384. The number of primary amides is 1. The van der Waals surface area contributed by atoms with Crippen LogP contribution in [0.5, 0.6) is 11.5 Å². The van der Waals surface area contributed by atoms with E-state index >= 15 is 0 Å². The highest BCUT2D eigenvalue weighted by Crippen LogP contribution is 2.30. The summed E-state index contributed by atoms with van der Waals surface area (Å²) >= 11 is 0. The van der Waals surface area contributed by atoms with E-state index in [1.165, 1.54) is 18.2 Å². The van der Waals surface area contributed by atoms with Crippen molar-refractivity contribution in [2.45, 2.75) is 25.7 Å². The summed E-state index contributed by atoms with van der Waals surface area (Å²) in [4.78, 5) is 35.4. The normalized spacial score (nSPS) is 11.3. The van der Waals surface area contributed by atoms with Crippen molar-refractivity contribution >= 4 is 17.5 Å². The molecule has 4 aromatic carbocycles. The molecule has 3 N–H and O–H groups in total. The molecule has 0 aliphatic heterocycles. The summed E-state index contributed by atoms with van der Waals surface area (Å²) < 4.78 is 12.1. The van der Waals surface area contributed by atoms with Gasteiger partial charge in [-0.15, -0.1) is 0 Å². The zero-order chi connectivity index (χ0) is 27.6. The van der Waals surface area contributed by atoms with Crippen LogP contribution >= 0.6 is 0 Å². The summed E-state index contributed by atoms with van der Waals surface area (Å²) in [5.41, 5.74) is 8.04. The Morgan fingerprint density at radius 2 is 1.38 bits per heavy atom. The van der Waals surface area contributed by atoms with E-state index in [1.54, 1.807) is 18.2 Å². The zero-order valence-corrected chi connectivity index (χ0v) is 21.0. The van der Waals surface area contributed by atoms with Gasteiger partial charge in [-0.2, -0.15) is 0 Å². The number of hydrogen-bond acceptors (Lipinski definition) is 6. The van der Waals surface area contributed by atoms with Crippen molar-refractivity contribution in [3.8, 4) is 11.5 Å². The van der Waals surface area contributed by atoms with Crippen molar-refractivity contribution in [3.63, 3.8) is 0 Å². The predicted molar refractivity (Wildman–Crippen MR) is 145 cm³/mol. The van der Waals surface area contributed by atoms with E-state index in [1.807, 2.05) is 60.7 Å². The maximum Gasteiger partial charge on any atom is 0.270 e. The maximum atomic E-state index is 12.7. The molecule has 0 aliphatic rings. The van der Waals surface area contributed by atoms with E-state index in [9.17, 15) is 19.7 Å². The van der Waals surface area contributed by atoms with Gasteiger partial charge in [-0.25, -0.2) is 0 Å². The summed E-state index contributed by atoms with van der Waals surface area (Å²) in [5, 5.41) is 13.6. The molecule has 4 aromatic rings. The number of hydrogen-bond donors (Lipinski definition) is 2. The Kier molecular flexibility index (Phi) is 8.87. The van der Waals surface area contributed by atoms with Gasteiger partial charge in [0.2, 0.25) is 5.91 Å². The van der Waals surface area contributed by atoms with E-state index in [2.05, 4.69) is 5.32 Å². The van der Waals surface area contributed by atoms with Gasteiger partial charge in [0.15, 0.2) is 11.5 Å². The molecule has 39 heavy (non-hydrogen) atoms. The first-order valence-corrected chi connectivity index (χ1v) is 12.2. The molecule has 1 atom stereocenters. The molecule has 9 nitrogen and oxygen atoms in total. The molecule has 198 valence electrons. The van der Waals surface area contributed by atoms with Gasteiger partial charge in [0, 0.05) is 24.1 Å². The van der Waals surface area contributed by atoms with E-state index in [4.69, 9.17) is 15.2 Å². The van der Waals surface area contributed by atoms with Crippen LogP contribution in [-0.2, 0) is 24.4 Å². The Morgan fingerprint density at radius 1 is 0.769 bits per heavy atom. The third kappa shape index (κ3) is 7.65. The monoisotopic (exact) mass is 525 g/mol. The van der Waals surface area contributed by atoms with E-state index in [0.717, 1.165) is 17.2 Å². The van der Waals surface area contributed by atoms with Crippen LogP contribution in [0, 0.1) is 10.1 Å². The first-order valence-electron chi connectivity index (χ1n) is 12.2. The Balaban J connectivity index is 1.52. The maximum absolute atomic E-state index is 12.7. The molecule has 0 aliphatic carbocycles. The van der Waals surface area contributed by atoms with E-state index in [-0.39, 0.29) is 17.7 Å². The number of carbonyl (C=O) groups excluding carboxylic acids is 2. The topological polar surface area (TPSA) is 134 Å². The van der Waals surface area contributed by atoms with Gasteiger partial charge in [-0.05, 0) is 34.9 Å². The summed E-state index contributed by atoms with van der Waals surface area (Å²) in [7, 11) is 0. The molecular formula is C30H27N3O6. The second-order valence-corrected chi connectivity index (χ2v) is 8.77. The Hall–Kier alpha value is -5.18. The summed E-state index contributed by atoms with van der Waals surface area (Å²) in [6, 6.07) is 28.8. The highest BCUT2D eigenvalue weighted by molar-refractivity contribution is 5.97. The number of nitro groups is 1. The van der Waals surface area contributed by atoms with Crippen molar-refractivity contribution in [2.75, 3.05) is 0 Å². The highest BCUT2D eigenvalue weighted by Gasteiger charge is 2.21. The number of nitrogens with one attached hydrogen (secondary N) is 1. The molecule has 0 fully saturated rings. The van der Waals surface area contributed by atoms with E-state index < -0.39 is 22.8 Å². The van der Waals surface area contributed by atoms with Crippen molar-refractivity contribution in [3.05, 3.63) is 135 Å². The van der Waals surface area contributed by atoms with Gasteiger partial charge >= 0.3 is 0 Å². The Morgan fingerprint density at radius 3 is 1.97 bits per heavy atom. The number of rotatable bonds is 12. The fourth-order valence-electron chi connectivity index (χ4n) is 3.84. The molecule has 0 saturated carbocycles. The van der Waals surface area contributed by atoms with Crippen LogP contribution in [0.25, 0.3) is 0 Å². The summed E-state index contributed by atoms with van der Waals surface area (Å²) in [5.74, 6) is -0.397. The molecule has 0 radical (unpaired) electrons. The van der Waals surface area contributed by atoms with Crippen LogP contribution in [0.3, 0.4) is 0 Å². The number of nitrogens with zero attached hydrogens (tertiary/aromatic N) is 1. The first kappa shape index (κ1) is 26.9. The lowest BCUT2D eigenvalue weighted by atomic mass is 10.0. The molecule has 9 heteroatoms. The third-order valence-corrected chi connectivity index (χ3v) is 5.89. The van der Waals surface area contributed by atoms with Crippen molar-refractivity contribution in [1.29, 1.82) is 0 Å². The standard InChI is InChI=1S/C30H27N3O6/c31-29(34)26(32-30(35)24-12-7-13-25(18-24)33(36)37)16-23-14-15-27(38-19-21-8-3-1-4-9-21)28(17-23)39-20-22-10-5-2-6-11-22/h1-15,17-18,26H,16,19-20H2,(H2,31,34)(H,32,35)/t26-/m0/s1. The minimum atomic E-state index is -1.06. The number of nitrogens with two attached hydrogens (primary N) is 1. The zero-order valence-electron chi connectivity index (χ0n) is 21.0. The van der Waals surface area contributed by atoms with Crippen molar-refractivity contribution in [1.82, 2.24) is 5.32 Å². The van der Waals surface area contributed by atoms with E-state index in [0.29, 0.717) is 30.3 Å². The van der Waals surface area contributed by atoms with Crippen LogP contribution in [0.2, 0.25) is 0 Å². The minimum absolute atomic E-state index is 0.0481. The molecule has 0 aromatic heterocycles. The molecule has 0 saturated heterocycles. The summed E-state index contributed by atoms with van der Waals surface area (Å²) in [6.45, 7) is 0.639. The van der Waals surface area contributed by atoms with Crippen molar-refractivity contribution in [2.24, 2.45) is 5.73 Å². The molecular weight excluding hydrogens is 498 g/mol. The number of non-ortho nitro benzene ring substituents is 1. The highest BCUT2D eigenvalue weighted by atomic mass is 16.6. The minimum Gasteiger partial charge on any atom is -0.485 e. The second kappa shape index (κ2) is 12.9. The number of carbonyl (C=O) groups is 2. The van der Waals surface area contributed by atoms with Gasteiger partial charge < -0.3 is 20.5 Å². The second-order valence-electron chi connectivity index (χ2n) is 8.77. The number of amides is 2. The van der Waals surface area contributed by atoms with Gasteiger partial charge in [0.05, 0.1) is 4.92 Å². The van der Waals surface area contributed by atoms with Gasteiger partial charge in [-0.1, -0.05) is 72.8 Å². The first-order chi connectivity index (χ1) is 18.9. The van der Waals surface area contributed by atoms with Gasteiger partial charge in [0.25, 0.3) is 11.6 Å². The van der Waals surface area contributed by atoms with Crippen LogP contribution in [-0.4, -0.2) is 22.8 Å². The lowest BCUT2D eigenvalue weighted by Crippen LogP contribution is -2.45. The van der Waals surface area contributed by atoms with Crippen molar-refractivity contribution < 1.29 is 24.0 Å². The SMILES string of the molecule is NC(=O)[C@H](Cc1ccc(OCc2ccccc2)c(OCc2ccccc2)c1)NC(=O)c1cccc([N+](=O)[O-])c1. The quantitative estimate of drug-likeness (QED) is 0.205. The average Bonchev–Trinajstić information content (AvgIpc) is 2.96. The Labute approximate surface area is 225 Å². The molecule has 0 spiro atoms. The third-order valence-electron chi connectivity index (χ3n) is 5.89. The Bertz CT molecular complexity index is 1440. The molecule has 0 bridgehead atoms. The molecule has 0 unspecified atom stereocenters. The molecule has 2 amide bonds. The van der Waals surface area contributed by atoms with Gasteiger partial charge in [0.1, 0.15) is 19.3 Å².